The monoisotopic (exact) mass is 395 g/mol. The second-order valence-corrected chi connectivity index (χ2v) is 7.81. The molecule has 2 N–H and O–H groups in total. The molecule has 2 aromatic carbocycles. The minimum atomic E-state index is -0.0616. The van der Waals surface area contributed by atoms with Crippen molar-refractivity contribution >= 4 is 16.6 Å². The number of pyridine rings is 1. The summed E-state index contributed by atoms with van der Waals surface area (Å²) < 4.78 is 1.55. The summed E-state index contributed by atoms with van der Waals surface area (Å²) in [4.78, 5) is 12.1. The van der Waals surface area contributed by atoms with E-state index in [-0.39, 0.29) is 11.6 Å². The Kier molecular flexibility index (Phi) is 4.36. The van der Waals surface area contributed by atoms with E-state index >= 15 is 0 Å². The number of nitrogens with zero attached hydrogens (tertiary/aromatic N) is 3. The van der Waals surface area contributed by atoms with Crippen LogP contribution >= 0.6 is 0 Å². The average molecular weight is 395 g/mol. The number of hydrogen-bond acceptors (Lipinski definition) is 4. The maximum atomic E-state index is 12.1. The number of nitrogens with one attached hydrogen (secondary N) is 2. The number of fused-ring (bicyclic) bond motifs is 2. The SMILES string of the molecule is Cn1ccc(-c2n[nH]c3ccc(NC4CCCc5cc(C#N)ccc54)cc23)cc1=O. The van der Waals surface area contributed by atoms with Crippen molar-refractivity contribution in [1.29, 1.82) is 5.26 Å². The summed E-state index contributed by atoms with van der Waals surface area (Å²) in [6, 6.07) is 18.1. The van der Waals surface area contributed by atoms with Gasteiger partial charge in [0.05, 0.1) is 23.2 Å². The summed E-state index contributed by atoms with van der Waals surface area (Å²) in [6.07, 6.45) is 4.90. The molecule has 1 unspecified atom stereocenters. The van der Waals surface area contributed by atoms with E-state index in [1.807, 2.05) is 30.3 Å². The van der Waals surface area contributed by atoms with Gasteiger partial charge in [0.25, 0.3) is 5.56 Å². The minimum Gasteiger partial charge on any atom is -0.378 e. The molecule has 0 saturated heterocycles. The van der Waals surface area contributed by atoms with E-state index in [0.29, 0.717) is 5.56 Å². The van der Waals surface area contributed by atoms with Crippen molar-refractivity contribution in [3.8, 4) is 17.3 Å². The Morgan fingerprint density at radius 1 is 1.20 bits per heavy atom. The first-order valence-corrected chi connectivity index (χ1v) is 10.1. The summed E-state index contributed by atoms with van der Waals surface area (Å²) in [5, 5.41) is 21.3. The standard InChI is InChI=1S/C24H21N5O/c1-29-10-9-17(12-23(29)30)24-20-13-18(6-8-22(20)27-28-24)26-21-4-2-3-16-11-15(14-25)5-7-19(16)21/h5-13,21,26H,2-4H2,1H3,(H,27,28). The smallest absolute Gasteiger partial charge is 0.250 e. The van der Waals surface area contributed by atoms with Crippen molar-refractivity contribution in [3.05, 3.63) is 81.8 Å². The summed E-state index contributed by atoms with van der Waals surface area (Å²) in [7, 11) is 1.73. The molecular formula is C24H21N5O. The van der Waals surface area contributed by atoms with Gasteiger partial charge in [0.1, 0.15) is 5.69 Å². The molecular weight excluding hydrogens is 374 g/mol. The molecule has 2 aromatic heterocycles. The van der Waals surface area contributed by atoms with E-state index in [2.05, 4.69) is 33.7 Å². The molecule has 30 heavy (non-hydrogen) atoms. The van der Waals surface area contributed by atoms with E-state index in [4.69, 9.17) is 0 Å². The van der Waals surface area contributed by atoms with Crippen LogP contribution in [0.15, 0.2) is 59.5 Å². The molecule has 0 spiro atoms. The molecule has 148 valence electrons. The Morgan fingerprint density at radius 3 is 2.93 bits per heavy atom. The number of hydrogen-bond donors (Lipinski definition) is 2. The molecule has 0 radical (unpaired) electrons. The van der Waals surface area contributed by atoms with E-state index in [1.54, 1.807) is 23.9 Å². The molecule has 1 aliphatic rings. The highest BCUT2D eigenvalue weighted by atomic mass is 16.1. The molecule has 6 heteroatoms. The fourth-order valence-corrected chi connectivity index (χ4v) is 4.25. The number of benzene rings is 2. The number of H-pyrrole nitrogens is 1. The fourth-order valence-electron chi connectivity index (χ4n) is 4.25. The first-order chi connectivity index (χ1) is 14.6. The van der Waals surface area contributed by atoms with Crippen molar-refractivity contribution in [1.82, 2.24) is 14.8 Å². The first kappa shape index (κ1) is 18.2. The van der Waals surface area contributed by atoms with Crippen molar-refractivity contribution in [2.45, 2.75) is 25.3 Å². The van der Waals surface area contributed by atoms with Gasteiger partial charge in [-0.1, -0.05) is 6.07 Å². The van der Waals surface area contributed by atoms with E-state index < -0.39 is 0 Å². The Labute approximate surface area is 173 Å². The van der Waals surface area contributed by atoms with Crippen LogP contribution in [0.4, 0.5) is 5.69 Å². The van der Waals surface area contributed by atoms with Crippen LogP contribution in [0.25, 0.3) is 22.2 Å². The molecule has 0 fully saturated rings. The fraction of sp³-hybridized carbons (Fsp3) is 0.208. The number of anilines is 1. The van der Waals surface area contributed by atoms with Gasteiger partial charge in [0.2, 0.25) is 0 Å². The lowest BCUT2D eigenvalue weighted by Crippen LogP contribution is -2.17. The van der Waals surface area contributed by atoms with Crippen LogP contribution in [-0.2, 0) is 13.5 Å². The predicted octanol–water partition coefficient (Wildman–Crippen LogP) is 4.29. The Balaban J connectivity index is 1.50. The largest absolute Gasteiger partial charge is 0.378 e. The number of aromatic nitrogens is 3. The molecule has 0 bridgehead atoms. The maximum absolute atomic E-state index is 12.1. The van der Waals surface area contributed by atoms with Crippen molar-refractivity contribution in [2.75, 3.05) is 5.32 Å². The third-order valence-corrected chi connectivity index (χ3v) is 5.87. The quantitative estimate of drug-likeness (QED) is 0.542. The van der Waals surface area contributed by atoms with Crippen LogP contribution in [0.2, 0.25) is 0 Å². The second-order valence-electron chi connectivity index (χ2n) is 7.81. The zero-order valence-electron chi connectivity index (χ0n) is 16.6. The Bertz CT molecular complexity index is 1360. The first-order valence-electron chi connectivity index (χ1n) is 10.1. The number of nitriles is 1. The predicted molar refractivity (Wildman–Crippen MR) is 117 cm³/mol. The van der Waals surface area contributed by atoms with Crippen LogP contribution in [-0.4, -0.2) is 14.8 Å². The molecule has 1 atom stereocenters. The van der Waals surface area contributed by atoms with Crippen molar-refractivity contribution < 1.29 is 0 Å². The molecule has 0 aliphatic heterocycles. The highest BCUT2D eigenvalue weighted by Gasteiger charge is 2.21. The zero-order chi connectivity index (χ0) is 20.7. The molecule has 4 aromatic rings. The average Bonchev–Trinajstić information content (AvgIpc) is 3.19. The van der Waals surface area contributed by atoms with E-state index in [9.17, 15) is 10.1 Å². The van der Waals surface area contributed by atoms with Crippen molar-refractivity contribution in [2.24, 2.45) is 7.05 Å². The van der Waals surface area contributed by atoms with E-state index in [0.717, 1.165) is 47.1 Å². The van der Waals surface area contributed by atoms with Crippen LogP contribution in [0, 0.1) is 11.3 Å². The molecule has 2 heterocycles. The Morgan fingerprint density at radius 2 is 2.10 bits per heavy atom. The summed E-state index contributed by atoms with van der Waals surface area (Å²) in [6.45, 7) is 0. The lowest BCUT2D eigenvalue weighted by Gasteiger charge is -2.27. The second kappa shape index (κ2) is 7.20. The van der Waals surface area contributed by atoms with Gasteiger partial charge in [-0.3, -0.25) is 9.89 Å². The summed E-state index contributed by atoms with van der Waals surface area (Å²) in [5.41, 5.74) is 6.68. The van der Waals surface area contributed by atoms with Crippen molar-refractivity contribution in [3.63, 3.8) is 0 Å². The van der Waals surface area contributed by atoms with Gasteiger partial charge >= 0.3 is 0 Å². The molecule has 5 rings (SSSR count). The summed E-state index contributed by atoms with van der Waals surface area (Å²) in [5.74, 6) is 0. The van der Waals surface area contributed by atoms with Gasteiger partial charge in [-0.25, -0.2) is 0 Å². The molecule has 6 nitrogen and oxygen atoms in total. The Hall–Kier alpha value is -3.85. The van der Waals surface area contributed by atoms with Crippen LogP contribution in [0.5, 0.6) is 0 Å². The molecule has 0 saturated carbocycles. The normalized spacial score (nSPS) is 15.5. The topological polar surface area (TPSA) is 86.5 Å². The van der Waals surface area contributed by atoms with Crippen LogP contribution in [0.3, 0.4) is 0 Å². The minimum absolute atomic E-state index is 0.0616. The summed E-state index contributed by atoms with van der Waals surface area (Å²) >= 11 is 0. The van der Waals surface area contributed by atoms with Gasteiger partial charge in [0, 0.05) is 35.9 Å². The van der Waals surface area contributed by atoms with E-state index in [1.165, 1.54) is 11.1 Å². The zero-order valence-corrected chi connectivity index (χ0v) is 16.6. The number of rotatable bonds is 3. The van der Waals surface area contributed by atoms with Gasteiger partial charge in [-0.2, -0.15) is 10.4 Å². The van der Waals surface area contributed by atoms with Crippen LogP contribution in [0.1, 0.15) is 35.6 Å². The van der Waals surface area contributed by atoms with Gasteiger partial charge in [-0.15, -0.1) is 0 Å². The lowest BCUT2D eigenvalue weighted by atomic mass is 9.86. The molecule has 0 amide bonds. The van der Waals surface area contributed by atoms with Gasteiger partial charge in [0.15, 0.2) is 0 Å². The highest BCUT2D eigenvalue weighted by Crippen LogP contribution is 2.34. The highest BCUT2D eigenvalue weighted by molar-refractivity contribution is 5.94. The lowest BCUT2D eigenvalue weighted by molar-refractivity contribution is 0.600. The number of aromatic amines is 1. The van der Waals surface area contributed by atoms with Crippen LogP contribution < -0.4 is 10.9 Å². The molecule has 1 aliphatic carbocycles. The van der Waals surface area contributed by atoms with Gasteiger partial charge in [-0.05, 0) is 66.8 Å². The van der Waals surface area contributed by atoms with Gasteiger partial charge < -0.3 is 9.88 Å². The third-order valence-electron chi connectivity index (χ3n) is 5.87. The number of aryl methyl sites for hydroxylation is 2. The third kappa shape index (κ3) is 3.15. The maximum Gasteiger partial charge on any atom is 0.250 e.